The Balaban J connectivity index is 2.15. The van der Waals surface area contributed by atoms with Crippen molar-refractivity contribution in [1.82, 2.24) is 10.3 Å². The summed E-state index contributed by atoms with van der Waals surface area (Å²) in [5.74, 6) is -0.198. The molecule has 0 aromatic carbocycles. The topological polar surface area (TPSA) is 79.3 Å². The first-order chi connectivity index (χ1) is 8.14. The molecular weight excluding hydrogens is 240 g/mol. The third-order valence-corrected chi connectivity index (χ3v) is 3.90. The molecule has 2 heterocycles. The number of pyridine rings is 1. The van der Waals surface area contributed by atoms with E-state index < -0.39 is 11.5 Å². The Bertz CT molecular complexity index is 430. The monoisotopic (exact) mass is 252 g/mol. The minimum Gasteiger partial charge on any atom is -0.479 e. The van der Waals surface area contributed by atoms with Crippen LogP contribution in [-0.4, -0.2) is 39.0 Å². The van der Waals surface area contributed by atoms with E-state index in [1.807, 2.05) is 0 Å². The summed E-state index contributed by atoms with van der Waals surface area (Å²) < 4.78 is 0. The van der Waals surface area contributed by atoms with Gasteiger partial charge in [-0.2, -0.15) is 11.8 Å². The zero-order chi connectivity index (χ0) is 12.3. The number of rotatable bonds is 3. The maximum absolute atomic E-state index is 11.9. The van der Waals surface area contributed by atoms with Crippen molar-refractivity contribution in [2.24, 2.45) is 0 Å². The van der Waals surface area contributed by atoms with Gasteiger partial charge in [-0.15, -0.1) is 0 Å². The number of aromatic nitrogens is 1. The molecule has 0 saturated carbocycles. The van der Waals surface area contributed by atoms with Crippen LogP contribution in [0.3, 0.4) is 0 Å². The second-order valence-electron chi connectivity index (χ2n) is 3.89. The first kappa shape index (κ1) is 11.9. The third-order valence-electron chi connectivity index (χ3n) is 2.71. The highest BCUT2D eigenvalue weighted by Crippen LogP contribution is 2.28. The van der Waals surface area contributed by atoms with Gasteiger partial charge < -0.3 is 10.4 Å². The van der Waals surface area contributed by atoms with E-state index in [1.54, 1.807) is 18.3 Å². The summed E-state index contributed by atoms with van der Waals surface area (Å²) in [5, 5.41) is 11.8. The predicted molar refractivity (Wildman–Crippen MR) is 64.0 cm³/mol. The Morgan fingerprint density at radius 2 is 2.35 bits per heavy atom. The van der Waals surface area contributed by atoms with E-state index >= 15 is 0 Å². The number of nitrogens with one attached hydrogen (secondary N) is 1. The minimum atomic E-state index is -1.13. The number of carbonyl (C=O) groups excluding carboxylic acids is 1. The fourth-order valence-corrected chi connectivity index (χ4v) is 3.00. The molecule has 1 aliphatic heterocycles. The van der Waals surface area contributed by atoms with Gasteiger partial charge in [0.05, 0.1) is 5.56 Å². The molecular formula is C11H12N2O3S. The molecule has 0 unspecified atom stereocenters. The highest BCUT2D eigenvalue weighted by molar-refractivity contribution is 7.99. The number of hydrogen-bond acceptors (Lipinski definition) is 4. The second kappa shape index (κ2) is 4.75. The van der Waals surface area contributed by atoms with E-state index in [4.69, 9.17) is 0 Å². The van der Waals surface area contributed by atoms with Crippen LogP contribution in [-0.2, 0) is 4.79 Å². The summed E-state index contributed by atoms with van der Waals surface area (Å²) in [5.41, 5.74) is -0.748. The van der Waals surface area contributed by atoms with Crippen LogP contribution in [0, 0.1) is 0 Å². The third kappa shape index (κ3) is 2.41. The van der Waals surface area contributed by atoms with Gasteiger partial charge in [0.1, 0.15) is 5.54 Å². The van der Waals surface area contributed by atoms with Gasteiger partial charge in [0.2, 0.25) is 0 Å². The molecule has 17 heavy (non-hydrogen) atoms. The largest absolute Gasteiger partial charge is 0.479 e. The smallest absolute Gasteiger partial charge is 0.330 e. The van der Waals surface area contributed by atoms with E-state index in [0.717, 1.165) is 5.75 Å². The van der Waals surface area contributed by atoms with Crippen LogP contribution in [0.1, 0.15) is 16.8 Å². The van der Waals surface area contributed by atoms with E-state index in [9.17, 15) is 14.7 Å². The normalized spacial score (nSPS) is 23.3. The maximum Gasteiger partial charge on any atom is 0.330 e. The van der Waals surface area contributed by atoms with Crippen molar-refractivity contribution in [3.05, 3.63) is 30.1 Å². The lowest BCUT2D eigenvalue weighted by atomic mass is 9.99. The van der Waals surface area contributed by atoms with Gasteiger partial charge in [0, 0.05) is 18.1 Å². The van der Waals surface area contributed by atoms with E-state index in [2.05, 4.69) is 10.3 Å². The molecule has 1 saturated heterocycles. The standard InChI is InChI=1S/C11H12N2O3S/c14-9(8-2-1-4-12-6-8)13-11(10(15)16)3-5-17-7-11/h1-2,4,6H,3,5,7H2,(H,13,14)(H,15,16)/t11-/m1/s1. The lowest BCUT2D eigenvalue weighted by Gasteiger charge is -2.24. The van der Waals surface area contributed by atoms with Crippen molar-refractivity contribution in [2.75, 3.05) is 11.5 Å². The molecule has 0 bridgehead atoms. The van der Waals surface area contributed by atoms with E-state index in [-0.39, 0.29) is 5.91 Å². The van der Waals surface area contributed by atoms with Crippen LogP contribution in [0.5, 0.6) is 0 Å². The fraction of sp³-hybridized carbons (Fsp3) is 0.364. The fourth-order valence-electron chi connectivity index (χ4n) is 1.67. The molecule has 90 valence electrons. The lowest BCUT2D eigenvalue weighted by molar-refractivity contribution is -0.143. The second-order valence-corrected chi connectivity index (χ2v) is 4.99. The van der Waals surface area contributed by atoms with E-state index in [0.29, 0.717) is 17.7 Å². The Hall–Kier alpha value is -1.56. The summed E-state index contributed by atoms with van der Waals surface area (Å²) in [7, 11) is 0. The summed E-state index contributed by atoms with van der Waals surface area (Å²) in [6.45, 7) is 0. The van der Waals surface area contributed by atoms with Gasteiger partial charge in [-0.1, -0.05) is 0 Å². The number of aliphatic carboxylic acids is 1. The van der Waals surface area contributed by atoms with Crippen molar-refractivity contribution in [1.29, 1.82) is 0 Å². The summed E-state index contributed by atoms with van der Waals surface area (Å²) in [4.78, 5) is 27.0. The van der Waals surface area contributed by atoms with Crippen LogP contribution >= 0.6 is 11.8 Å². The molecule has 6 heteroatoms. The number of carboxylic acids is 1. The zero-order valence-electron chi connectivity index (χ0n) is 9.05. The number of hydrogen-bond donors (Lipinski definition) is 2. The van der Waals surface area contributed by atoms with Crippen molar-refractivity contribution < 1.29 is 14.7 Å². The molecule has 1 aliphatic rings. The van der Waals surface area contributed by atoms with E-state index in [1.165, 1.54) is 18.0 Å². The summed E-state index contributed by atoms with van der Waals surface area (Å²) >= 11 is 1.54. The molecule has 5 nitrogen and oxygen atoms in total. The molecule has 2 rings (SSSR count). The van der Waals surface area contributed by atoms with Gasteiger partial charge in [-0.05, 0) is 24.3 Å². The Kier molecular flexibility index (Phi) is 3.33. The molecule has 2 N–H and O–H groups in total. The molecule has 1 fully saturated rings. The molecule has 1 amide bonds. The molecule has 1 aromatic rings. The van der Waals surface area contributed by atoms with Crippen molar-refractivity contribution in [3.63, 3.8) is 0 Å². The first-order valence-corrected chi connectivity index (χ1v) is 6.33. The van der Waals surface area contributed by atoms with Gasteiger partial charge in [-0.25, -0.2) is 4.79 Å². The highest BCUT2D eigenvalue weighted by Gasteiger charge is 2.43. The Morgan fingerprint density at radius 3 is 2.88 bits per heavy atom. The molecule has 1 atom stereocenters. The number of nitrogens with zero attached hydrogens (tertiary/aromatic N) is 1. The quantitative estimate of drug-likeness (QED) is 0.830. The number of amides is 1. The predicted octanol–water partition coefficient (Wildman–Crippen LogP) is 0.772. The van der Waals surface area contributed by atoms with Gasteiger partial charge >= 0.3 is 5.97 Å². The Labute approximate surface area is 103 Å². The molecule has 0 aliphatic carbocycles. The number of thioether (sulfide) groups is 1. The summed E-state index contributed by atoms with van der Waals surface area (Å²) in [6.07, 6.45) is 3.45. The van der Waals surface area contributed by atoms with Crippen LogP contribution in [0.4, 0.5) is 0 Å². The number of carbonyl (C=O) groups is 2. The summed E-state index contributed by atoms with van der Waals surface area (Å²) in [6, 6.07) is 3.26. The van der Waals surface area contributed by atoms with Crippen LogP contribution < -0.4 is 5.32 Å². The lowest BCUT2D eigenvalue weighted by Crippen LogP contribution is -2.54. The Morgan fingerprint density at radius 1 is 1.53 bits per heavy atom. The van der Waals surface area contributed by atoms with Gasteiger partial charge in [0.25, 0.3) is 5.91 Å². The first-order valence-electron chi connectivity index (χ1n) is 5.18. The van der Waals surface area contributed by atoms with Crippen LogP contribution in [0.25, 0.3) is 0 Å². The average molecular weight is 252 g/mol. The molecule has 0 spiro atoms. The van der Waals surface area contributed by atoms with Crippen LogP contribution in [0.2, 0.25) is 0 Å². The number of carboxylic acid groups (broad SMARTS) is 1. The van der Waals surface area contributed by atoms with Crippen molar-refractivity contribution in [2.45, 2.75) is 12.0 Å². The highest BCUT2D eigenvalue weighted by atomic mass is 32.2. The maximum atomic E-state index is 11.9. The minimum absolute atomic E-state index is 0.380. The average Bonchev–Trinajstić information content (AvgIpc) is 2.80. The molecule has 1 aromatic heterocycles. The van der Waals surface area contributed by atoms with Gasteiger partial charge in [-0.3, -0.25) is 9.78 Å². The molecule has 0 radical (unpaired) electrons. The van der Waals surface area contributed by atoms with Gasteiger partial charge in [0.15, 0.2) is 0 Å². The van der Waals surface area contributed by atoms with Crippen LogP contribution in [0.15, 0.2) is 24.5 Å². The van der Waals surface area contributed by atoms with Crippen molar-refractivity contribution in [3.8, 4) is 0 Å². The zero-order valence-corrected chi connectivity index (χ0v) is 9.87. The van der Waals surface area contributed by atoms with Crippen molar-refractivity contribution >= 4 is 23.6 Å². The SMILES string of the molecule is O=C(N[C@]1(C(=O)O)CCSC1)c1cccnc1.